The molecule has 2 aromatic rings. The summed E-state index contributed by atoms with van der Waals surface area (Å²) in [5.41, 5.74) is 2.61. The fraction of sp³-hybridized carbons (Fsp3) is 0.267. The molecule has 1 atom stereocenters. The predicted molar refractivity (Wildman–Crippen MR) is 70.8 cm³/mol. The molecule has 17 heavy (non-hydrogen) atoms. The fourth-order valence-electron chi connectivity index (χ4n) is 1.84. The molecule has 0 fully saturated rings. The molecule has 0 aliphatic carbocycles. The van der Waals surface area contributed by atoms with Crippen molar-refractivity contribution < 1.29 is 0 Å². The van der Waals surface area contributed by atoms with Crippen LogP contribution in [0.15, 0.2) is 54.9 Å². The molecule has 0 saturated heterocycles. The van der Waals surface area contributed by atoms with Crippen LogP contribution in [0.4, 0.5) is 0 Å². The molecule has 2 heteroatoms. The van der Waals surface area contributed by atoms with E-state index in [9.17, 15) is 0 Å². The van der Waals surface area contributed by atoms with Crippen molar-refractivity contribution in [3.63, 3.8) is 0 Å². The van der Waals surface area contributed by atoms with Crippen molar-refractivity contribution >= 4 is 0 Å². The molecule has 0 aliphatic heterocycles. The number of hydrogen-bond acceptors (Lipinski definition) is 2. The number of pyridine rings is 1. The van der Waals surface area contributed by atoms with Gasteiger partial charge in [0.2, 0.25) is 0 Å². The lowest BCUT2D eigenvalue weighted by atomic mass is 10.1. The Bertz CT molecular complexity index is 425. The van der Waals surface area contributed by atoms with Crippen LogP contribution in [0, 0.1) is 0 Å². The van der Waals surface area contributed by atoms with E-state index in [-0.39, 0.29) is 0 Å². The Morgan fingerprint density at radius 3 is 2.65 bits per heavy atom. The quantitative estimate of drug-likeness (QED) is 0.847. The highest BCUT2D eigenvalue weighted by Crippen LogP contribution is 2.10. The van der Waals surface area contributed by atoms with Crippen molar-refractivity contribution in [1.29, 1.82) is 0 Å². The van der Waals surface area contributed by atoms with Crippen molar-refractivity contribution in [2.45, 2.75) is 19.4 Å². The second-order valence-corrected chi connectivity index (χ2v) is 4.20. The third-order valence-electron chi connectivity index (χ3n) is 2.89. The van der Waals surface area contributed by atoms with Gasteiger partial charge in [0, 0.05) is 18.4 Å². The van der Waals surface area contributed by atoms with Gasteiger partial charge < -0.3 is 5.32 Å². The molecule has 1 aromatic heterocycles. The maximum absolute atomic E-state index is 4.11. The Kier molecular flexibility index (Phi) is 4.28. The topological polar surface area (TPSA) is 24.9 Å². The van der Waals surface area contributed by atoms with Crippen LogP contribution in [0.25, 0.3) is 0 Å². The van der Waals surface area contributed by atoms with Crippen LogP contribution in [0.1, 0.15) is 24.1 Å². The highest BCUT2D eigenvalue weighted by Gasteiger charge is 2.02. The summed E-state index contributed by atoms with van der Waals surface area (Å²) in [6, 6.07) is 15.0. The molecule has 0 radical (unpaired) electrons. The molecule has 1 N–H and O–H groups in total. The molecule has 88 valence electrons. The van der Waals surface area contributed by atoms with Crippen molar-refractivity contribution in [3.05, 3.63) is 66.0 Å². The molecule has 0 amide bonds. The minimum absolute atomic E-state index is 0.396. The van der Waals surface area contributed by atoms with Gasteiger partial charge in [-0.15, -0.1) is 0 Å². The molecule has 0 bridgehead atoms. The van der Waals surface area contributed by atoms with E-state index in [1.54, 1.807) is 0 Å². The van der Waals surface area contributed by atoms with Gasteiger partial charge in [-0.05, 0) is 37.1 Å². The van der Waals surface area contributed by atoms with Crippen LogP contribution in [-0.4, -0.2) is 11.5 Å². The number of nitrogens with zero attached hydrogens (tertiary/aromatic N) is 1. The van der Waals surface area contributed by atoms with E-state index in [4.69, 9.17) is 0 Å². The average Bonchev–Trinajstić information content (AvgIpc) is 2.41. The predicted octanol–water partition coefficient (Wildman–Crippen LogP) is 2.97. The van der Waals surface area contributed by atoms with Gasteiger partial charge in [0.15, 0.2) is 0 Å². The highest BCUT2D eigenvalue weighted by molar-refractivity contribution is 5.18. The third-order valence-corrected chi connectivity index (χ3v) is 2.89. The van der Waals surface area contributed by atoms with Crippen LogP contribution in [0.3, 0.4) is 0 Å². The molecular weight excluding hydrogens is 208 g/mol. The molecule has 2 rings (SSSR count). The fourth-order valence-corrected chi connectivity index (χ4v) is 1.84. The van der Waals surface area contributed by atoms with Crippen LogP contribution in [0.2, 0.25) is 0 Å². The Morgan fingerprint density at radius 2 is 1.94 bits per heavy atom. The Labute approximate surface area is 103 Å². The summed E-state index contributed by atoms with van der Waals surface area (Å²) in [4.78, 5) is 4.11. The summed E-state index contributed by atoms with van der Waals surface area (Å²) in [6.07, 6.45) is 4.75. The zero-order valence-electron chi connectivity index (χ0n) is 10.1. The molecule has 1 heterocycles. The second kappa shape index (κ2) is 6.16. The van der Waals surface area contributed by atoms with E-state index in [1.807, 2.05) is 24.5 Å². The summed E-state index contributed by atoms with van der Waals surface area (Å²) in [5.74, 6) is 0. The van der Waals surface area contributed by atoms with Gasteiger partial charge in [-0.1, -0.05) is 36.4 Å². The second-order valence-electron chi connectivity index (χ2n) is 4.20. The first-order valence-electron chi connectivity index (χ1n) is 6.03. The van der Waals surface area contributed by atoms with Gasteiger partial charge in [0.25, 0.3) is 0 Å². The number of nitrogens with one attached hydrogen (secondary N) is 1. The monoisotopic (exact) mass is 226 g/mol. The average molecular weight is 226 g/mol. The zero-order chi connectivity index (χ0) is 11.9. The van der Waals surface area contributed by atoms with Crippen LogP contribution in [-0.2, 0) is 6.42 Å². The van der Waals surface area contributed by atoms with E-state index >= 15 is 0 Å². The van der Waals surface area contributed by atoms with Gasteiger partial charge in [-0.2, -0.15) is 0 Å². The summed E-state index contributed by atoms with van der Waals surface area (Å²) in [5, 5.41) is 3.52. The summed E-state index contributed by atoms with van der Waals surface area (Å²) < 4.78 is 0. The smallest absolute Gasteiger partial charge is 0.0300 e. The van der Waals surface area contributed by atoms with E-state index in [0.717, 1.165) is 13.0 Å². The largest absolute Gasteiger partial charge is 0.310 e. The summed E-state index contributed by atoms with van der Waals surface area (Å²) in [6.45, 7) is 3.17. The van der Waals surface area contributed by atoms with Gasteiger partial charge >= 0.3 is 0 Å². The lowest BCUT2D eigenvalue weighted by Crippen LogP contribution is -2.21. The van der Waals surface area contributed by atoms with Crippen molar-refractivity contribution in [2.24, 2.45) is 0 Å². The van der Waals surface area contributed by atoms with Gasteiger partial charge in [0.1, 0.15) is 0 Å². The van der Waals surface area contributed by atoms with Crippen LogP contribution >= 0.6 is 0 Å². The molecule has 0 unspecified atom stereocenters. The minimum atomic E-state index is 0.396. The number of benzene rings is 1. The first kappa shape index (κ1) is 11.8. The minimum Gasteiger partial charge on any atom is -0.310 e. The number of hydrogen-bond donors (Lipinski definition) is 1. The maximum atomic E-state index is 4.11. The van der Waals surface area contributed by atoms with Gasteiger partial charge in [-0.25, -0.2) is 0 Å². The van der Waals surface area contributed by atoms with Crippen molar-refractivity contribution in [3.8, 4) is 0 Å². The van der Waals surface area contributed by atoms with Gasteiger partial charge in [0.05, 0.1) is 0 Å². The molecule has 1 aromatic carbocycles. The molecule has 0 spiro atoms. The van der Waals surface area contributed by atoms with Crippen molar-refractivity contribution in [1.82, 2.24) is 10.3 Å². The third kappa shape index (κ3) is 3.68. The normalized spacial score (nSPS) is 12.3. The van der Waals surface area contributed by atoms with Crippen molar-refractivity contribution in [2.75, 3.05) is 6.54 Å². The SMILES string of the molecule is C[C@@H](NCCc1cccnc1)c1ccccc1. The Balaban J connectivity index is 1.79. The standard InChI is InChI=1S/C15H18N2/c1-13(15-7-3-2-4-8-15)17-11-9-14-6-5-10-16-12-14/h2-8,10,12-13,17H,9,11H2,1H3/t13-/m1/s1. The Hall–Kier alpha value is -1.67. The lowest BCUT2D eigenvalue weighted by Gasteiger charge is -2.13. The highest BCUT2D eigenvalue weighted by atomic mass is 14.9. The van der Waals surface area contributed by atoms with E-state index in [1.165, 1.54) is 11.1 Å². The van der Waals surface area contributed by atoms with Crippen LogP contribution in [0.5, 0.6) is 0 Å². The van der Waals surface area contributed by atoms with E-state index in [2.05, 4.69) is 47.6 Å². The molecule has 0 aliphatic rings. The summed E-state index contributed by atoms with van der Waals surface area (Å²) in [7, 11) is 0. The van der Waals surface area contributed by atoms with E-state index in [0.29, 0.717) is 6.04 Å². The lowest BCUT2D eigenvalue weighted by molar-refractivity contribution is 0.576. The first-order chi connectivity index (χ1) is 8.36. The van der Waals surface area contributed by atoms with E-state index < -0.39 is 0 Å². The zero-order valence-corrected chi connectivity index (χ0v) is 10.1. The number of aromatic nitrogens is 1. The first-order valence-corrected chi connectivity index (χ1v) is 6.03. The summed E-state index contributed by atoms with van der Waals surface area (Å²) >= 11 is 0. The number of rotatable bonds is 5. The van der Waals surface area contributed by atoms with Gasteiger partial charge in [-0.3, -0.25) is 4.98 Å². The van der Waals surface area contributed by atoms with Crippen LogP contribution < -0.4 is 5.32 Å². The molecule has 0 saturated carbocycles. The Morgan fingerprint density at radius 1 is 1.12 bits per heavy atom. The molecular formula is C15H18N2. The maximum Gasteiger partial charge on any atom is 0.0300 e. The molecule has 2 nitrogen and oxygen atoms in total.